The first-order chi connectivity index (χ1) is 23.5. The molecule has 17 heteroatoms. The molecule has 1 aromatic heterocycles. The lowest BCUT2D eigenvalue weighted by Crippen LogP contribution is -2.42. The first kappa shape index (κ1) is 39.0. The zero-order valence-electron chi connectivity index (χ0n) is 28.0. The van der Waals surface area contributed by atoms with Gasteiger partial charge in [-0.25, -0.2) is 8.42 Å². The number of pyridine rings is 1. The number of nitro benzene ring substituents is 1. The number of nitrogens with one attached hydrogen (secondary N) is 1. The second-order valence-corrected chi connectivity index (χ2v) is 16.0. The Morgan fingerprint density at radius 3 is 2.20 bits per heavy atom. The normalized spacial score (nSPS) is 15.6. The number of aromatic carboxylic acids is 1. The van der Waals surface area contributed by atoms with Gasteiger partial charge in [-0.1, -0.05) is 35.1 Å². The van der Waals surface area contributed by atoms with Crippen LogP contribution in [0, 0.1) is 36.3 Å². The Morgan fingerprint density at radius 2 is 1.65 bits per heavy atom. The molecule has 5 rings (SSSR count). The van der Waals surface area contributed by atoms with Crippen LogP contribution in [0.15, 0.2) is 65.6 Å². The summed E-state index contributed by atoms with van der Waals surface area (Å²) in [7, 11) is -1.80. The van der Waals surface area contributed by atoms with Gasteiger partial charge < -0.3 is 15.2 Å². The number of fused-ring (bicyclic) bond motifs is 2. The number of halogens is 2. The van der Waals surface area contributed by atoms with Crippen LogP contribution >= 0.6 is 10.7 Å². The van der Waals surface area contributed by atoms with E-state index in [1.807, 2.05) is 43.7 Å². The quantitative estimate of drug-likeness (QED) is 0.0812. The summed E-state index contributed by atoms with van der Waals surface area (Å²) in [6.45, 7) is 7.13. The summed E-state index contributed by atoms with van der Waals surface area (Å²) < 4.78 is 59.6. The number of aryl methyl sites for hydroxylation is 4. The first-order valence-electron chi connectivity index (χ1n) is 15.2. The van der Waals surface area contributed by atoms with Gasteiger partial charge in [0.1, 0.15) is 7.05 Å². The molecule has 1 unspecified atom stereocenters. The van der Waals surface area contributed by atoms with Gasteiger partial charge in [0.05, 0.1) is 32.3 Å². The number of carboxylic acid groups (broad SMARTS) is 1. The molecule has 51 heavy (non-hydrogen) atoms. The van der Waals surface area contributed by atoms with E-state index in [0.29, 0.717) is 50.1 Å². The molecule has 2 N–H and O–H groups in total. The number of rotatable bonds is 8. The van der Waals surface area contributed by atoms with Crippen LogP contribution in [0.25, 0.3) is 16.5 Å². The lowest BCUT2D eigenvalue weighted by molar-refractivity contribution is -0.647. The smallest absolute Gasteiger partial charge is 0.435 e. The van der Waals surface area contributed by atoms with Crippen LogP contribution in [-0.2, 0) is 37.8 Å². The highest BCUT2D eigenvalue weighted by Crippen LogP contribution is 2.45. The Hall–Kier alpha value is -4.77. The average Bonchev–Trinajstić information content (AvgIpc) is 3.00. The van der Waals surface area contributed by atoms with Crippen molar-refractivity contribution in [2.45, 2.75) is 51.9 Å². The zero-order valence-corrected chi connectivity index (χ0v) is 30.4. The maximum atomic E-state index is 13.3. The molecule has 0 fully saturated rings. The number of anilines is 1. The molecule has 3 aromatic carbocycles. The molecule has 0 saturated heterocycles. The molecule has 13 nitrogen and oxygen atoms in total. The highest BCUT2D eigenvalue weighted by molar-refractivity contribution is 8.13. The van der Waals surface area contributed by atoms with E-state index in [0.717, 1.165) is 5.56 Å². The van der Waals surface area contributed by atoms with Gasteiger partial charge in [-0.15, -0.1) is 0 Å². The molecule has 0 saturated carbocycles. The number of carbonyl (C=O) groups excluding carboxylic acids is 2. The molecule has 4 aromatic rings. The zero-order chi connectivity index (χ0) is 38.2. The predicted octanol–water partition coefficient (Wildman–Crippen LogP) is 4.96. The van der Waals surface area contributed by atoms with Gasteiger partial charge >= 0.3 is 10.5 Å². The minimum Gasteiger partial charge on any atom is -0.545 e. The molecular weight excluding hydrogens is 729 g/mol. The largest absolute Gasteiger partial charge is 0.545 e. The third kappa shape index (κ3) is 8.94. The van der Waals surface area contributed by atoms with E-state index in [2.05, 4.69) is 5.32 Å². The van der Waals surface area contributed by atoms with E-state index in [9.17, 15) is 37.1 Å². The number of allylic oxidation sites excluding steroid dienone is 1. The number of hydrogen-bond acceptors (Lipinski definition) is 9. The van der Waals surface area contributed by atoms with Gasteiger partial charge in [0.15, 0.2) is 0 Å². The van der Waals surface area contributed by atoms with Gasteiger partial charge in [-0.2, -0.15) is 13.0 Å². The number of benzene rings is 3. The third-order valence-electron chi connectivity index (χ3n) is 8.61. The van der Waals surface area contributed by atoms with E-state index in [1.54, 1.807) is 38.1 Å². The van der Waals surface area contributed by atoms with Crippen molar-refractivity contribution in [3.05, 3.63) is 110 Å². The number of nitrogens with zero attached hydrogens (tertiary/aromatic N) is 2. The van der Waals surface area contributed by atoms with Crippen LogP contribution in [0.5, 0.6) is 0 Å². The fourth-order valence-electron chi connectivity index (χ4n) is 6.44. The fourth-order valence-corrected chi connectivity index (χ4v) is 7.35. The maximum Gasteiger partial charge on any atom is 0.435 e. The molecule has 270 valence electrons. The standard InChI is InChI=1S/C34H32ClN3O7S.FHO3S/c1-19-10-11-24-28(14-19)37(5)32-25(23-8-6-7-9-27(23)38(42)43)17-34(4,18-26(32)30(24)33(40)41)13-12-29(39)36-31-20(2)15-22(16-21(31)3)46(35,44)45;1-5(2,3)4/h6-11,14-17H,12-13,18H2,1-5H3,(H-,36,39,40,41);(H,2,3,4). The van der Waals surface area contributed by atoms with E-state index in [4.69, 9.17) is 23.7 Å². The molecule has 1 aliphatic carbocycles. The summed E-state index contributed by atoms with van der Waals surface area (Å²) >= 11 is 0. The lowest BCUT2D eigenvalue weighted by atomic mass is 9.70. The van der Waals surface area contributed by atoms with E-state index in [1.165, 1.54) is 18.2 Å². The number of carboxylic acids is 1. The minimum atomic E-state index is -5.17. The Kier molecular flexibility index (Phi) is 11.1. The Bertz CT molecular complexity index is 2350. The molecular formula is C34H33ClFN3O10S2. The van der Waals surface area contributed by atoms with Crippen molar-refractivity contribution in [1.29, 1.82) is 0 Å². The fraction of sp³-hybridized carbons (Fsp3) is 0.265. The van der Waals surface area contributed by atoms with Crippen LogP contribution in [0.4, 0.5) is 15.3 Å². The van der Waals surface area contributed by atoms with Crippen molar-refractivity contribution in [2.75, 3.05) is 5.32 Å². The first-order valence-corrected chi connectivity index (χ1v) is 18.8. The monoisotopic (exact) mass is 761 g/mol. The van der Waals surface area contributed by atoms with Crippen LogP contribution in [0.3, 0.4) is 0 Å². The van der Waals surface area contributed by atoms with Crippen LogP contribution < -0.4 is 15.0 Å². The topological polar surface area (TPSA) is 205 Å². The number of para-hydroxylation sites is 1. The minimum absolute atomic E-state index is 0.0172. The predicted molar refractivity (Wildman–Crippen MR) is 186 cm³/mol. The Morgan fingerprint density at radius 1 is 1.06 bits per heavy atom. The summed E-state index contributed by atoms with van der Waals surface area (Å²) in [5, 5.41) is 28.3. The van der Waals surface area contributed by atoms with Crippen LogP contribution in [0.2, 0.25) is 0 Å². The van der Waals surface area contributed by atoms with Crippen LogP contribution in [-0.4, -0.2) is 38.2 Å². The summed E-state index contributed by atoms with van der Waals surface area (Å²) in [4.78, 5) is 37.7. The molecule has 0 aliphatic heterocycles. The van der Waals surface area contributed by atoms with Gasteiger partial charge in [0.2, 0.25) is 17.1 Å². The summed E-state index contributed by atoms with van der Waals surface area (Å²) in [5.74, 6) is -1.69. The van der Waals surface area contributed by atoms with Crippen molar-refractivity contribution in [3.63, 3.8) is 0 Å². The van der Waals surface area contributed by atoms with Crippen molar-refractivity contribution < 1.29 is 49.5 Å². The van der Waals surface area contributed by atoms with Gasteiger partial charge in [-0.05, 0) is 80.0 Å². The van der Waals surface area contributed by atoms with Gasteiger partial charge in [0, 0.05) is 46.1 Å². The van der Waals surface area contributed by atoms with E-state index in [-0.39, 0.29) is 41.3 Å². The third-order valence-corrected chi connectivity index (χ3v) is 9.94. The summed E-state index contributed by atoms with van der Waals surface area (Å²) in [5.41, 5.74) is 4.01. The molecule has 1 heterocycles. The summed E-state index contributed by atoms with van der Waals surface area (Å²) in [6.07, 6.45) is 2.45. The molecule has 0 bridgehead atoms. The average molecular weight is 762 g/mol. The van der Waals surface area contributed by atoms with Crippen molar-refractivity contribution >= 4 is 70.0 Å². The molecule has 0 spiro atoms. The maximum absolute atomic E-state index is 13.3. The number of aromatic nitrogens is 1. The second-order valence-electron chi connectivity index (χ2n) is 12.6. The van der Waals surface area contributed by atoms with E-state index >= 15 is 0 Å². The van der Waals surface area contributed by atoms with Crippen molar-refractivity contribution in [2.24, 2.45) is 12.5 Å². The second kappa shape index (κ2) is 14.5. The van der Waals surface area contributed by atoms with E-state index < -0.39 is 35.9 Å². The Labute approximate surface area is 298 Å². The van der Waals surface area contributed by atoms with Gasteiger partial charge in [0.25, 0.3) is 14.7 Å². The van der Waals surface area contributed by atoms with Crippen molar-refractivity contribution in [3.8, 4) is 0 Å². The SMILES string of the molecule is Cc1ccc2c(C(=O)[O-])c3c([n+](C)c2c1)C(c1ccccc1[N+](=O)[O-])=CC(C)(CCC(=O)Nc1c(C)cc(S(=O)(=O)Cl)cc1C)C3.O=S(=O)(O)F. The number of hydrogen-bond donors (Lipinski definition) is 2. The number of carbonyl (C=O) groups is 2. The highest BCUT2D eigenvalue weighted by Gasteiger charge is 2.40. The van der Waals surface area contributed by atoms with Crippen LogP contribution in [0.1, 0.15) is 63.6 Å². The molecule has 0 radical (unpaired) electrons. The lowest BCUT2D eigenvalue weighted by Gasteiger charge is -2.33. The highest BCUT2D eigenvalue weighted by atomic mass is 35.7. The van der Waals surface area contributed by atoms with Gasteiger partial charge in [-0.3, -0.25) is 19.5 Å². The molecule has 1 amide bonds. The molecule has 1 atom stereocenters. The molecule has 1 aliphatic rings. The summed E-state index contributed by atoms with van der Waals surface area (Å²) in [6, 6.07) is 14.5. The van der Waals surface area contributed by atoms with Crippen molar-refractivity contribution in [1.82, 2.24) is 0 Å². The Balaban J connectivity index is 0.00000109. The number of amides is 1. The number of nitro groups is 1.